The van der Waals surface area contributed by atoms with Gasteiger partial charge in [-0.2, -0.15) is 0 Å². The molecule has 31 heavy (non-hydrogen) atoms. The molecule has 0 saturated carbocycles. The number of esters is 2. The average Bonchev–Trinajstić information content (AvgIpc) is 2.80. The maximum Gasteiger partial charge on any atom is 0.324 e. The number of hydrogen-bond acceptors (Lipinski definition) is 4. The molecule has 0 fully saturated rings. The zero-order valence-corrected chi connectivity index (χ0v) is 19.0. The lowest BCUT2D eigenvalue weighted by Crippen LogP contribution is -2.46. The van der Waals surface area contributed by atoms with Gasteiger partial charge in [-0.3, -0.25) is 9.59 Å². The maximum atomic E-state index is 13.4. The molecule has 2 aromatic carbocycles. The summed E-state index contributed by atoms with van der Waals surface area (Å²) in [6.45, 7) is 4.84. The third-order valence-electron chi connectivity index (χ3n) is 5.44. The number of unbranched alkanes of at least 4 members (excludes halogenated alkanes) is 4. The summed E-state index contributed by atoms with van der Waals surface area (Å²) in [6.07, 6.45) is 6.13. The minimum Gasteiger partial charge on any atom is -0.465 e. The lowest BCUT2D eigenvalue weighted by atomic mass is 9.76. The first-order valence-corrected chi connectivity index (χ1v) is 11.5. The third-order valence-corrected chi connectivity index (χ3v) is 5.44. The first-order chi connectivity index (χ1) is 15.1. The van der Waals surface area contributed by atoms with Crippen LogP contribution in [0, 0.1) is 5.41 Å². The highest BCUT2D eigenvalue weighted by Crippen LogP contribution is 2.32. The van der Waals surface area contributed by atoms with Crippen molar-refractivity contribution in [3.05, 3.63) is 71.8 Å². The van der Waals surface area contributed by atoms with Crippen LogP contribution in [-0.2, 0) is 31.9 Å². The van der Waals surface area contributed by atoms with Crippen molar-refractivity contribution in [1.82, 2.24) is 0 Å². The fraction of sp³-hybridized carbons (Fsp3) is 0.481. The molecule has 0 saturated heterocycles. The van der Waals surface area contributed by atoms with E-state index in [0.29, 0.717) is 13.2 Å². The Balaban J connectivity index is 2.34. The molecule has 2 rings (SSSR count). The second-order valence-electron chi connectivity index (χ2n) is 8.09. The van der Waals surface area contributed by atoms with Crippen molar-refractivity contribution < 1.29 is 19.1 Å². The van der Waals surface area contributed by atoms with Crippen LogP contribution in [0.2, 0.25) is 0 Å². The van der Waals surface area contributed by atoms with Gasteiger partial charge >= 0.3 is 11.9 Å². The molecular weight excluding hydrogens is 388 g/mol. The van der Waals surface area contributed by atoms with Crippen molar-refractivity contribution in [3.8, 4) is 0 Å². The van der Waals surface area contributed by atoms with E-state index in [1.165, 1.54) is 0 Å². The molecule has 0 N–H and O–H groups in total. The van der Waals surface area contributed by atoms with Crippen molar-refractivity contribution in [3.63, 3.8) is 0 Å². The average molecular weight is 425 g/mol. The molecule has 0 aliphatic heterocycles. The minimum atomic E-state index is -1.40. The SMILES string of the molecule is CCCCCOC(=O)C(Cc1ccccc1)(Cc1ccccc1)C(=O)OCCCCC. The summed E-state index contributed by atoms with van der Waals surface area (Å²) < 4.78 is 11.3. The van der Waals surface area contributed by atoms with Crippen molar-refractivity contribution in [2.75, 3.05) is 13.2 Å². The molecule has 0 aliphatic rings. The molecule has 168 valence electrons. The number of carbonyl (C=O) groups excluding carboxylic acids is 2. The molecule has 0 aliphatic carbocycles. The normalized spacial score (nSPS) is 11.2. The van der Waals surface area contributed by atoms with Crippen LogP contribution in [0.25, 0.3) is 0 Å². The van der Waals surface area contributed by atoms with Crippen LogP contribution in [0.1, 0.15) is 63.5 Å². The van der Waals surface area contributed by atoms with Crippen molar-refractivity contribution in [2.24, 2.45) is 5.41 Å². The van der Waals surface area contributed by atoms with Crippen LogP contribution < -0.4 is 0 Å². The first kappa shape index (κ1) is 24.6. The first-order valence-electron chi connectivity index (χ1n) is 11.5. The Labute approximate surface area is 187 Å². The second-order valence-corrected chi connectivity index (χ2v) is 8.09. The zero-order chi connectivity index (χ0) is 22.4. The molecule has 2 aromatic rings. The van der Waals surface area contributed by atoms with E-state index in [4.69, 9.17) is 9.47 Å². The number of rotatable bonds is 14. The molecular formula is C27H36O4. The Hall–Kier alpha value is -2.62. The summed E-state index contributed by atoms with van der Waals surface area (Å²) in [5, 5.41) is 0. The summed E-state index contributed by atoms with van der Waals surface area (Å²) in [7, 11) is 0. The summed E-state index contributed by atoms with van der Waals surface area (Å²) in [4.78, 5) is 26.9. The van der Waals surface area contributed by atoms with Crippen molar-refractivity contribution in [1.29, 1.82) is 0 Å². The fourth-order valence-corrected chi connectivity index (χ4v) is 3.63. The standard InChI is InChI=1S/C27H36O4/c1-3-5-13-19-30-25(28)27(21-23-15-9-7-10-16-23,22-24-17-11-8-12-18-24)26(29)31-20-14-6-4-2/h7-12,15-18H,3-6,13-14,19-22H2,1-2H3. The summed E-state index contributed by atoms with van der Waals surface area (Å²) >= 11 is 0. The van der Waals surface area contributed by atoms with Crippen LogP contribution in [0.5, 0.6) is 0 Å². The topological polar surface area (TPSA) is 52.6 Å². The number of carbonyl (C=O) groups is 2. The Kier molecular flexibility index (Phi) is 10.8. The molecule has 0 heterocycles. The molecule has 4 heteroatoms. The molecule has 0 amide bonds. The largest absolute Gasteiger partial charge is 0.465 e. The van der Waals surface area contributed by atoms with Crippen LogP contribution in [0.15, 0.2) is 60.7 Å². The predicted octanol–water partition coefficient (Wildman–Crippen LogP) is 5.93. The van der Waals surface area contributed by atoms with E-state index in [1.54, 1.807) is 0 Å². The fourth-order valence-electron chi connectivity index (χ4n) is 3.63. The highest BCUT2D eigenvalue weighted by Gasteiger charge is 2.49. The van der Waals surface area contributed by atoms with Crippen LogP contribution in [-0.4, -0.2) is 25.2 Å². The van der Waals surface area contributed by atoms with Gasteiger partial charge < -0.3 is 9.47 Å². The Morgan fingerprint density at radius 1 is 0.645 bits per heavy atom. The Bertz CT molecular complexity index is 703. The lowest BCUT2D eigenvalue weighted by Gasteiger charge is -2.30. The summed E-state index contributed by atoms with van der Waals surface area (Å²) in [5.41, 5.74) is 0.421. The molecule has 0 spiro atoms. The van der Waals surface area contributed by atoms with Gasteiger partial charge in [-0.25, -0.2) is 0 Å². The van der Waals surface area contributed by atoms with Gasteiger partial charge in [0.25, 0.3) is 0 Å². The van der Waals surface area contributed by atoms with Gasteiger partial charge in [0.2, 0.25) is 0 Å². The number of ether oxygens (including phenoxy) is 2. The monoisotopic (exact) mass is 424 g/mol. The molecule has 0 aromatic heterocycles. The predicted molar refractivity (Wildman–Crippen MR) is 124 cm³/mol. The summed E-state index contributed by atoms with van der Waals surface area (Å²) in [5.74, 6) is -0.978. The highest BCUT2D eigenvalue weighted by molar-refractivity contribution is 6.00. The molecule has 0 bridgehead atoms. The lowest BCUT2D eigenvalue weighted by molar-refractivity contribution is -0.173. The highest BCUT2D eigenvalue weighted by atomic mass is 16.6. The smallest absolute Gasteiger partial charge is 0.324 e. The van der Waals surface area contributed by atoms with Gasteiger partial charge in [-0.05, 0) is 36.8 Å². The van der Waals surface area contributed by atoms with E-state index in [-0.39, 0.29) is 12.8 Å². The van der Waals surface area contributed by atoms with Gasteiger partial charge in [0.1, 0.15) is 0 Å². The minimum absolute atomic E-state index is 0.252. The van der Waals surface area contributed by atoms with Gasteiger partial charge in [0.05, 0.1) is 13.2 Å². The number of hydrogen-bond donors (Lipinski definition) is 0. The Morgan fingerprint density at radius 2 is 1.03 bits per heavy atom. The van der Waals surface area contributed by atoms with Crippen LogP contribution in [0.3, 0.4) is 0 Å². The van der Waals surface area contributed by atoms with E-state index in [0.717, 1.165) is 49.7 Å². The van der Waals surface area contributed by atoms with Gasteiger partial charge in [-0.15, -0.1) is 0 Å². The summed E-state index contributed by atoms with van der Waals surface area (Å²) in [6, 6.07) is 19.3. The van der Waals surface area contributed by atoms with Crippen molar-refractivity contribution >= 4 is 11.9 Å². The van der Waals surface area contributed by atoms with E-state index in [1.807, 2.05) is 60.7 Å². The van der Waals surface area contributed by atoms with E-state index >= 15 is 0 Å². The molecule has 0 radical (unpaired) electrons. The third kappa shape index (κ3) is 7.86. The molecule has 0 unspecified atom stereocenters. The number of benzene rings is 2. The molecule has 0 atom stereocenters. The van der Waals surface area contributed by atoms with E-state index in [9.17, 15) is 9.59 Å². The maximum absolute atomic E-state index is 13.4. The quantitative estimate of drug-likeness (QED) is 0.214. The van der Waals surface area contributed by atoms with E-state index in [2.05, 4.69) is 13.8 Å². The van der Waals surface area contributed by atoms with E-state index < -0.39 is 17.4 Å². The van der Waals surface area contributed by atoms with Gasteiger partial charge in [-0.1, -0.05) is 100 Å². The Morgan fingerprint density at radius 3 is 1.39 bits per heavy atom. The van der Waals surface area contributed by atoms with Gasteiger partial charge in [0, 0.05) is 0 Å². The zero-order valence-electron chi connectivity index (χ0n) is 19.0. The van der Waals surface area contributed by atoms with Crippen LogP contribution >= 0.6 is 0 Å². The van der Waals surface area contributed by atoms with Crippen LogP contribution in [0.4, 0.5) is 0 Å². The van der Waals surface area contributed by atoms with Gasteiger partial charge in [0.15, 0.2) is 5.41 Å². The van der Waals surface area contributed by atoms with Crippen molar-refractivity contribution in [2.45, 2.75) is 65.2 Å². The second kappa shape index (κ2) is 13.6. The molecule has 4 nitrogen and oxygen atoms in total.